The first kappa shape index (κ1) is 23.1. The van der Waals surface area contributed by atoms with Gasteiger partial charge in [-0.05, 0) is 37.5 Å². The fourth-order valence-electron chi connectivity index (χ4n) is 3.60. The zero-order chi connectivity index (χ0) is 23.1. The Hall–Kier alpha value is -2.61. The summed E-state index contributed by atoms with van der Waals surface area (Å²) in [6, 6.07) is 0.955. The summed E-state index contributed by atoms with van der Waals surface area (Å²) in [5.41, 5.74) is -0.916. The van der Waals surface area contributed by atoms with Crippen LogP contribution in [-0.2, 0) is 44.7 Å². The van der Waals surface area contributed by atoms with Gasteiger partial charge in [-0.2, -0.15) is 18.3 Å². The first-order valence-electron chi connectivity index (χ1n) is 8.91. The normalized spacial score (nSPS) is 16.9. The van der Waals surface area contributed by atoms with E-state index in [4.69, 9.17) is 5.11 Å². The molecule has 0 amide bonds. The zero-order valence-corrected chi connectivity index (χ0v) is 17.7. The van der Waals surface area contributed by atoms with Crippen LogP contribution < -0.4 is 4.31 Å². The molecule has 0 saturated heterocycles. The van der Waals surface area contributed by atoms with E-state index in [1.807, 2.05) is 0 Å². The average molecular weight is 481 g/mol. The molecule has 1 aromatic carbocycles. The van der Waals surface area contributed by atoms with Gasteiger partial charge in [0.15, 0.2) is 9.84 Å². The molecule has 1 aliphatic carbocycles. The van der Waals surface area contributed by atoms with E-state index < -0.39 is 61.6 Å². The highest BCUT2D eigenvalue weighted by molar-refractivity contribution is 7.90. The molecule has 0 fully saturated rings. The summed E-state index contributed by atoms with van der Waals surface area (Å²) < 4.78 is 90.2. The lowest BCUT2D eigenvalue weighted by molar-refractivity contribution is -0.138. The molecule has 0 radical (unpaired) electrons. The number of alkyl halides is 3. The first-order valence-corrected chi connectivity index (χ1v) is 11.9. The standard InChI is InChI=1S/C17H18F3N3O6S2/c1-31(28,29)12-6-10(17(18,19)20)5-11(7-12)23(30(26)27)15-4-2-3-14-13(15)8-21-22(14)9-16(24)25/h5-8,15,30H,2-4,9H2,1H3,(H,24,25)/t15-/m1/s1. The van der Waals surface area contributed by atoms with Gasteiger partial charge < -0.3 is 5.11 Å². The monoisotopic (exact) mass is 481 g/mol. The van der Waals surface area contributed by atoms with E-state index >= 15 is 0 Å². The third-order valence-electron chi connectivity index (χ3n) is 4.90. The molecule has 0 bridgehead atoms. The van der Waals surface area contributed by atoms with Crippen LogP contribution in [0.5, 0.6) is 0 Å². The molecule has 170 valence electrons. The molecule has 2 aromatic rings. The van der Waals surface area contributed by atoms with Gasteiger partial charge in [-0.15, -0.1) is 0 Å². The van der Waals surface area contributed by atoms with Crippen molar-refractivity contribution in [3.63, 3.8) is 0 Å². The van der Waals surface area contributed by atoms with Crippen molar-refractivity contribution in [3.05, 3.63) is 41.2 Å². The number of hydrogen-bond acceptors (Lipinski definition) is 6. The minimum absolute atomic E-state index is 0.236. The molecular formula is C17H18F3N3O6S2. The Morgan fingerprint density at radius 1 is 1.32 bits per heavy atom. The molecule has 9 nitrogen and oxygen atoms in total. The predicted octanol–water partition coefficient (Wildman–Crippen LogP) is 1.80. The minimum atomic E-state index is -4.90. The molecule has 1 N–H and O–H groups in total. The fraction of sp³-hybridized carbons (Fsp3) is 0.412. The third kappa shape index (κ3) is 4.84. The molecule has 0 unspecified atom stereocenters. The number of carboxylic acids is 1. The number of anilines is 1. The molecule has 0 spiro atoms. The van der Waals surface area contributed by atoms with Gasteiger partial charge in [0.25, 0.3) is 0 Å². The van der Waals surface area contributed by atoms with E-state index in [1.165, 1.54) is 10.9 Å². The van der Waals surface area contributed by atoms with Gasteiger partial charge in [-0.3, -0.25) is 13.8 Å². The highest BCUT2D eigenvalue weighted by atomic mass is 32.2. The highest BCUT2D eigenvalue weighted by Crippen LogP contribution is 2.40. The lowest BCUT2D eigenvalue weighted by atomic mass is 9.92. The van der Waals surface area contributed by atoms with Gasteiger partial charge in [0.1, 0.15) is 6.54 Å². The third-order valence-corrected chi connectivity index (χ3v) is 6.85. The Morgan fingerprint density at radius 2 is 2.00 bits per heavy atom. The number of carbonyl (C=O) groups is 1. The van der Waals surface area contributed by atoms with Crippen LogP contribution in [0.15, 0.2) is 29.3 Å². The quantitative estimate of drug-likeness (QED) is 0.603. The number of rotatable bonds is 6. The molecule has 3 rings (SSSR count). The molecule has 1 heterocycles. The van der Waals surface area contributed by atoms with Crippen molar-refractivity contribution in [2.24, 2.45) is 0 Å². The number of nitrogens with zero attached hydrogens (tertiary/aromatic N) is 3. The van der Waals surface area contributed by atoms with Crippen LogP contribution in [0.2, 0.25) is 0 Å². The Kier molecular flexibility index (Phi) is 6.06. The number of benzene rings is 1. The van der Waals surface area contributed by atoms with Gasteiger partial charge in [-0.25, -0.2) is 16.8 Å². The van der Waals surface area contributed by atoms with Gasteiger partial charge in [0.05, 0.1) is 28.4 Å². The van der Waals surface area contributed by atoms with Gasteiger partial charge >= 0.3 is 12.1 Å². The van der Waals surface area contributed by atoms with Gasteiger partial charge in [-0.1, -0.05) is 0 Å². The fourth-order valence-corrected chi connectivity index (χ4v) is 5.04. The number of halogens is 3. The molecule has 31 heavy (non-hydrogen) atoms. The first-order chi connectivity index (χ1) is 14.3. The summed E-state index contributed by atoms with van der Waals surface area (Å²) in [5, 5.41) is 13.0. The van der Waals surface area contributed by atoms with Crippen LogP contribution in [0, 0.1) is 0 Å². The molecule has 1 aromatic heterocycles. The van der Waals surface area contributed by atoms with E-state index in [0.717, 1.165) is 12.3 Å². The second-order valence-electron chi connectivity index (χ2n) is 7.07. The number of thiol groups is 1. The van der Waals surface area contributed by atoms with Crippen molar-refractivity contribution in [2.75, 3.05) is 10.6 Å². The number of aromatic nitrogens is 2. The van der Waals surface area contributed by atoms with Crippen molar-refractivity contribution in [3.8, 4) is 0 Å². The largest absolute Gasteiger partial charge is 0.480 e. The van der Waals surface area contributed by atoms with E-state index in [9.17, 15) is 34.8 Å². The zero-order valence-electron chi connectivity index (χ0n) is 16.0. The van der Waals surface area contributed by atoms with E-state index in [2.05, 4.69) is 5.10 Å². The topological polar surface area (TPSA) is 127 Å². The second kappa shape index (κ2) is 8.15. The second-order valence-corrected chi connectivity index (χ2v) is 10.00. The maximum Gasteiger partial charge on any atom is 0.416 e. The van der Waals surface area contributed by atoms with Crippen LogP contribution >= 0.6 is 0 Å². The lowest BCUT2D eigenvalue weighted by Crippen LogP contribution is -2.31. The van der Waals surface area contributed by atoms with Crippen LogP contribution in [0.1, 0.15) is 35.7 Å². The number of fused-ring (bicyclic) bond motifs is 1. The summed E-state index contributed by atoms with van der Waals surface area (Å²) in [6.07, 6.45) is -1.80. The van der Waals surface area contributed by atoms with Crippen molar-refractivity contribution < 1.29 is 39.9 Å². The summed E-state index contributed by atoms with van der Waals surface area (Å²) >= 11 is 0. The molecule has 1 aliphatic rings. The minimum Gasteiger partial charge on any atom is -0.480 e. The van der Waals surface area contributed by atoms with Gasteiger partial charge in [0, 0.05) is 17.5 Å². The Labute approximate surface area is 177 Å². The summed E-state index contributed by atoms with van der Waals surface area (Å²) in [5.74, 6) is -1.16. The summed E-state index contributed by atoms with van der Waals surface area (Å²) in [6.45, 7) is -0.451. The summed E-state index contributed by atoms with van der Waals surface area (Å²) in [7, 11) is -7.55. The predicted molar refractivity (Wildman–Crippen MR) is 103 cm³/mol. The number of aliphatic carboxylic acids is 1. The van der Waals surface area contributed by atoms with Crippen LogP contribution in [-0.4, -0.2) is 43.9 Å². The lowest BCUT2D eigenvalue weighted by Gasteiger charge is -2.32. The molecule has 14 heteroatoms. The molecule has 0 saturated carbocycles. The molecule has 0 aliphatic heterocycles. The van der Waals surface area contributed by atoms with Gasteiger partial charge in [0.2, 0.25) is 10.9 Å². The van der Waals surface area contributed by atoms with Crippen LogP contribution in [0.4, 0.5) is 18.9 Å². The SMILES string of the molecule is CS(=O)(=O)c1cc(N([C@@H]2CCCc3c2cnn3CC(=O)O)[SH](=O)=O)cc(C(F)(F)F)c1. The van der Waals surface area contributed by atoms with E-state index in [0.29, 0.717) is 40.5 Å². The molecular weight excluding hydrogens is 463 g/mol. The van der Waals surface area contributed by atoms with Crippen molar-refractivity contribution in [2.45, 2.75) is 42.9 Å². The maximum absolute atomic E-state index is 13.4. The van der Waals surface area contributed by atoms with E-state index in [1.54, 1.807) is 0 Å². The average Bonchev–Trinajstić information content (AvgIpc) is 3.03. The van der Waals surface area contributed by atoms with Crippen molar-refractivity contribution in [1.82, 2.24) is 9.78 Å². The number of carboxylic acid groups (broad SMARTS) is 1. The highest BCUT2D eigenvalue weighted by Gasteiger charge is 2.36. The van der Waals surface area contributed by atoms with Crippen LogP contribution in [0.25, 0.3) is 0 Å². The van der Waals surface area contributed by atoms with Crippen molar-refractivity contribution in [1.29, 1.82) is 0 Å². The number of sulfone groups is 1. The van der Waals surface area contributed by atoms with Crippen molar-refractivity contribution >= 4 is 32.4 Å². The number of hydrogen-bond donors (Lipinski definition) is 2. The smallest absolute Gasteiger partial charge is 0.416 e. The maximum atomic E-state index is 13.4. The Morgan fingerprint density at radius 3 is 2.55 bits per heavy atom. The Balaban J connectivity index is 2.17. The molecule has 1 atom stereocenters. The summed E-state index contributed by atoms with van der Waals surface area (Å²) in [4.78, 5) is 10.4. The van der Waals surface area contributed by atoms with Crippen LogP contribution in [0.3, 0.4) is 0 Å². The van der Waals surface area contributed by atoms with E-state index in [-0.39, 0.29) is 6.42 Å². The Bertz CT molecular complexity index is 1200.